The molecule has 0 aromatic heterocycles. The van der Waals surface area contributed by atoms with Gasteiger partial charge < -0.3 is 20.3 Å². The SMILES string of the molecule is CCOC(=O)N1CCC(NC(=NC)NCCc2cc(Br)ccc2F)CC1.I. The molecule has 2 rings (SSSR count). The van der Waals surface area contributed by atoms with Crippen molar-refractivity contribution in [3.05, 3.63) is 34.1 Å². The number of nitrogens with one attached hydrogen (secondary N) is 2. The molecule has 0 bridgehead atoms. The van der Waals surface area contributed by atoms with E-state index in [1.165, 1.54) is 6.07 Å². The van der Waals surface area contributed by atoms with Gasteiger partial charge in [0.15, 0.2) is 5.96 Å². The highest BCUT2D eigenvalue weighted by Gasteiger charge is 2.23. The van der Waals surface area contributed by atoms with Crippen molar-refractivity contribution in [2.24, 2.45) is 4.99 Å². The number of carbonyl (C=O) groups is 1. The van der Waals surface area contributed by atoms with Crippen LogP contribution in [-0.2, 0) is 11.2 Å². The lowest BCUT2D eigenvalue weighted by molar-refractivity contribution is 0.0963. The van der Waals surface area contributed by atoms with Crippen LogP contribution in [-0.4, -0.2) is 56.3 Å². The zero-order chi connectivity index (χ0) is 18.9. The molecule has 0 aliphatic carbocycles. The van der Waals surface area contributed by atoms with Gasteiger partial charge in [0.25, 0.3) is 0 Å². The van der Waals surface area contributed by atoms with Gasteiger partial charge in [-0.3, -0.25) is 4.99 Å². The standard InChI is InChI=1S/C18H26BrFN4O2.HI/c1-3-26-18(25)24-10-7-15(8-11-24)23-17(21-2)22-9-6-13-12-14(19)4-5-16(13)20;/h4-5,12,15H,3,6-11H2,1-2H3,(H2,21,22,23);1H. The Morgan fingerprint density at radius 2 is 2.11 bits per heavy atom. The van der Waals surface area contributed by atoms with E-state index in [1.807, 2.05) is 6.92 Å². The van der Waals surface area contributed by atoms with E-state index < -0.39 is 0 Å². The first kappa shape index (κ1) is 23.9. The number of hydrogen-bond donors (Lipinski definition) is 2. The number of benzene rings is 1. The number of halogens is 3. The van der Waals surface area contributed by atoms with Crippen LogP contribution in [0.3, 0.4) is 0 Å². The third-order valence-electron chi connectivity index (χ3n) is 4.28. The van der Waals surface area contributed by atoms with Crippen LogP contribution < -0.4 is 10.6 Å². The van der Waals surface area contributed by atoms with Crippen molar-refractivity contribution in [2.45, 2.75) is 32.2 Å². The zero-order valence-electron chi connectivity index (χ0n) is 15.6. The lowest BCUT2D eigenvalue weighted by Crippen LogP contribution is -2.50. The van der Waals surface area contributed by atoms with Crippen LogP contribution in [0.1, 0.15) is 25.3 Å². The van der Waals surface area contributed by atoms with Crippen LogP contribution in [0, 0.1) is 5.82 Å². The lowest BCUT2D eigenvalue weighted by atomic mass is 10.1. The number of likely N-dealkylation sites (tertiary alicyclic amines) is 1. The minimum atomic E-state index is -0.246. The third-order valence-corrected chi connectivity index (χ3v) is 4.77. The van der Waals surface area contributed by atoms with Crippen LogP contribution in [0.25, 0.3) is 0 Å². The second-order valence-corrected chi connectivity index (χ2v) is 7.00. The first-order valence-corrected chi connectivity index (χ1v) is 9.65. The maximum atomic E-state index is 13.8. The predicted octanol–water partition coefficient (Wildman–Crippen LogP) is 3.53. The summed E-state index contributed by atoms with van der Waals surface area (Å²) in [5.41, 5.74) is 0.657. The normalized spacial score (nSPS) is 15.1. The summed E-state index contributed by atoms with van der Waals surface area (Å²) in [7, 11) is 1.71. The van der Waals surface area contributed by atoms with Crippen molar-refractivity contribution in [1.29, 1.82) is 0 Å². The molecule has 1 aliphatic heterocycles. The Morgan fingerprint density at radius 1 is 1.41 bits per heavy atom. The monoisotopic (exact) mass is 556 g/mol. The fourth-order valence-corrected chi connectivity index (χ4v) is 3.27. The number of nitrogens with zero attached hydrogens (tertiary/aromatic N) is 2. The summed E-state index contributed by atoms with van der Waals surface area (Å²) in [4.78, 5) is 17.7. The van der Waals surface area contributed by atoms with Gasteiger partial charge in [0.05, 0.1) is 6.61 Å². The molecule has 0 saturated carbocycles. The van der Waals surface area contributed by atoms with Crippen LogP contribution in [0.2, 0.25) is 0 Å². The average molecular weight is 557 g/mol. The number of aliphatic imine (C=N–C) groups is 1. The minimum absolute atomic E-state index is 0. The van der Waals surface area contributed by atoms with Gasteiger partial charge in [-0.1, -0.05) is 15.9 Å². The van der Waals surface area contributed by atoms with Gasteiger partial charge in [-0.25, -0.2) is 9.18 Å². The van der Waals surface area contributed by atoms with Gasteiger partial charge in [0.1, 0.15) is 5.82 Å². The Balaban J connectivity index is 0.00000364. The molecule has 1 heterocycles. The molecular weight excluding hydrogens is 530 g/mol. The molecule has 0 atom stereocenters. The first-order valence-electron chi connectivity index (χ1n) is 8.86. The summed E-state index contributed by atoms with van der Waals surface area (Å²) in [6.45, 7) is 4.11. The molecule has 1 aromatic rings. The number of guanidine groups is 1. The van der Waals surface area contributed by atoms with Crippen LogP contribution in [0.15, 0.2) is 27.7 Å². The predicted molar refractivity (Wildman–Crippen MR) is 119 cm³/mol. The Bertz CT molecular complexity index is 640. The quantitative estimate of drug-likeness (QED) is 0.331. The fourth-order valence-electron chi connectivity index (χ4n) is 2.86. The van der Waals surface area contributed by atoms with Crippen LogP contribution in [0.4, 0.5) is 9.18 Å². The molecule has 1 aromatic carbocycles. The Kier molecular flexibility index (Phi) is 11.0. The first-order chi connectivity index (χ1) is 12.5. The third kappa shape index (κ3) is 7.81. The Hall–Kier alpha value is -1.10. The summed E-state index contributed by atoms with van der Waals surface area (Å²) in [6, 6.07) is 5.19. The molecule has 0 unspecified atom stereocenters. The Labute approximate surface area is 185 Å². The van der Waals surface area contributed by atoms with Crippen molar-refractivity contribution >= 4 is 52.0 Å². The van der Waals surface area contributed by atoms with Gasteiger partial charge >= 0.3 is 6.09 Å². The summed E-state index contributed by atoms with van der Waals surface area (Å²) in [5, 5.41) is 6.58. The highest BCUT2D eigenvalue weighted by molar-refractivity contribution is 14.0. The molecule has 27 heavy (non-hydrogen) atoms. The molecule has 9 heteroatoms. The van der Waals surface area contributed by atoms with E-state index in [4.69, 9.17) is 4.74 Å². The molecule has 6 nitrogen and oxygen atoms in total. The van der Waals surface area contributed by atoms with E-state index in [0.717, 1.165) is 17.3 Å². The van der Waals surface area contributed by atoms with E-state index in [0.29, 0.717) is 44.2 Å². The van der Waals surface area contributed by atoms with Crippen molar-refractivity contribution in [3.63, 3.8) is 0 Å². The van der Waals surface area contributed by atoms with E-state index >= 15 is 0 Å². The summed E-state index contributed by atoms with van der Waals surface area (Å²) < 4.78 is 19.7. The van der Waals surface area contributed by atoms with Gasteiger partial charge in [-0.15, -0.1) is 24.0 Å². The average Bonchev–Trinajstić information content (AvgIpc) is 2.64. The van der Waals surface area contributed by atoms with Crippen LogP contribution >= 0.6 is 39.9 Å². The molecular formula is C18H27BrFIN4O2. The number of amides is 1. The summed E-state index contributed by atoms with van der Waals surface area (Å²) in [6.07, 6.45) is 1.98. The molecule has 1 fully saturated rings. The minimum Gasteiger partial charge on any atom is -0.450 e. The van der Waals surface area contributed by atoms with Crippen molar-refractivity contribution < 1.29 is 13.9 Å². The smallest absolute Gasteiger partial charge is 0.409 e. The van der Waals surface area contributed by atoms with Crippen LogP contribution in [0.5, 0.6) is 0 Å². The molecule has 152 valence electrons. The van der Waals surface area contributed by atoms with E-state index in [2.05, 4.69) is 31.6 Å². The van der Waals surface area contributed by atoms with E-state index in [-0.39, 0.29) is 41.9 Å². The molecule has 1 saturated heterocycles. The molecule has 1 aliphatic rings. The molecule has 1 amide bonds. The van der Waals surface area contributed by atoms with Gasteiger partial charge in [-0.05, 0) is 49.9 Å². The van der Waals surface area contributed by atoms with Crippen molar-refractivity contribution in [3.8, 4) is 0 Å². The van der Waals surface area contributed by atoms with Crippen molar-refractivity contribution in [2.75, 3.05) is 33.3 Å². The van der Waals surface area contributed by atoms with Gasteiger partial charge in [-0.2, -0.15) is 0 Å². The van der Waals surface area contributed by atoms with Crippen molar-refractivity contribution in [1.82, 2.24) is 15.5 Å². The zero-order valence-corrected chi connectivity index (χ0v) is 19.6. The number of carbonyl (C=O) groups excluding carboxylic acids is 1. The van der Waals surface area contributed by atoms with E-state index in [1.54, 1.807) is 24.1 Å². The second kappa shape index (κ2) is 12.4. The summed E-state index contributed by atoms with van der Waals surface area (Å²) >= 11 is 3.36. The van der Waals surface area contributed by atoms with E-state index in [9.17, 15) is 9.18 Å². The Morgan fingerprint density at radius 3 is 2.74 bits per heavy atom. The fraction of sp³-hybridized carbons (Fsp3) is 0.556. The molecule has 0 radical (unpaired) electrons. The number of piperidine rings is 1. The maximum Gasteiger partial charge on any atom is 0.409 e. The number of ether oxygens (including phenoxy) is 1. The topological polar surface area (TPSA) is 66.0 Å². The lowest BCUT2D eigenvalue weighted by Gasteiger charge is -2.32. The number of hydrogen-bond acceptors (Lipinski definition) is 3. The summed E-state index contributed by atoms with van der Waals surface area (Å²) in [5.74, 6) is 0.485. The highest BCUT2D eigenvalue weighted by Crippen LogP contribution is 2.16. The molecule has 0 spiro atoms. The van der Waals surface area contributed by atoms with Gasteiger partial charge in [0, 0.05) is 37.2 Å². The molecule has 2 N–H and O–H groups in total. The van der Waals surface area contributed by atoms with Gasteiger partial charge in [0.2, 0.25) is 0 Å². The largest absolute Gasteiger partial charge is 0.450 e. The second-order valence-electron chi connectivity index (χ2n) is 6.09. The number of rotatable bonds is 5. The maximum absolute atomic E-state index is 13.8. The highest BCUT2D eigenvalue weighted by atomic mass is 127.